The van der Waals surface area contributed by atoms with Gasteiger partial charge in [-0.05, 0) is 60.7 Å². The lowest BCUT2D eigenvalue weighted by Crippen LogP contribution is -2.12. The Morgan fingerprint density at radius 1 is 0.409 bits per heavy atom. The summed E-state index contributed by atoms with van der Waals surface area (Å²) in [5.74, 6) is -0.830. The number of aromatic nitrogens is 4. The van der Waals surface area contributed by atoms with E-state index in [4.69, 9.17) is 0 Å². The summed E-state index contributed by atoms with van der Waals surface area (Å²) in [4.78, 5) is 21.1. The van der Waals surface area contributed by atoms with Crippen molar-refractivity contribution in [3.8, 4) is 0 Å². The summed E-state index contributed by atoms with van der Waals surface area (Å²) in [6.45, 7) is 0. The van der Waals surface area contributed by atoms with E-state index in [1.807, 2.05) is 70.5 Å². The molecular weight excluding hydrogens is 554 g/mol. The standard InChI is InChI=1S/C36H22F2N6/c37-31-17-33(43(23-5-1-13-39-19-23)24-6-2-14-40-20-24)29-11-9-28-32(38)18-34(30-12-10-27(31)35(29)36(28)30)44(25-7-3-15-41-21-25)26-8-4-16-42-22-26/h1-22H. The van der Waals surface area contributed by atoms with Gasteiger partial charge >= 0.3 is 0 Å². The summed E-state index contributed by atoms with van der Waals surface area (Å²) >= 11 is 0. The second-order valence-corrected chi connectivity index (χ2v) is 10.3. The maximum Gasteiger partial charge on any atom is 0.133 e. The number of benzene rings is 4. The molecular formula is C36H22F2N6. The van der Waals surface area contributed by atoms with E-state index >= 15 is 8.78 Å². The van der Waals surface area contributed by atoms with Gasteiger partial charge in [-0.25, -0.2) is 8.78 Å². The molecule has 8 aromatic rings. The van der Waals surface area contributed by atoms with Crippen LogP contribution in [0.1, 0.15) is 0 Å². The molecule has 0 amide bonds. The van der Waals surface area contributed by atoms with Crippen molar-refractivity contribution in [3.63, 3.8) is 0 Å². The van der Waals surface area contributed by atoms with Crippen molar-refractivity contribution in [2.75, 3.05) is 9.80 Å². The van der Waals surface area contributed by atoms with Crippen LogP contribution < -0.4 is 9.80 Å². The molecule has 0 fully saturated rings. The van der Waals surface area contributed by atoms with Crippen LogP contribution in [0.15, 0.2) is 135 Å². The van der Waals surface area contributed by atoms with Crippen molar-refractivity contribution in [2.45, 2.75) is 0 Å². The third-order valence-corrected chi connectivity index (χ3v) is 7.85. The largest absolute Gasteiger partial charge is 0.307 e. The van der Waals surface area contributed by atoms with Crippen LogP contribution in [0.3, 0.4) is 0 Å². The smallest absolute Gasteiger partial charge is 0.133 e. The number of hydrogen-bond donors (Lipinski definition) is 0. The van der Waals surface area contributed by atoms with Gasteiger partial charge in [0.15, 0.2) is 0 Å². The molecule has 0 bridgehead atoms. The van der Waals surface area contributed by atoms with E-state index in [1.54, 1.807) is 61.7 Å². The van der Waals surface area contributed by atoms with Crippen LogP contribution in [-0.4, -0.2) is 19.9 Å². The lowest BCUT2D eigenvalue weighted by atomic mass is 9.91. The SMILES string of the molecule is Fc1cc(N(c2cccnc2)c2cccnc2)c2ccc3c(F)cc(N(c4cccnc4)c4cccnc4)c4ccc1c2c34. The van der Waals surface area contributed by atoms with Crippen molar-refractivity contribution < 1.29 is 8.78 Å². The van der Waals surface area contributed by atoms with E-state index in [-0.39, 0.29) is 0 Å². The van der Waals surface area contributed by atoms with Crippen molar-refractivity contribution in [1.29, 1.82) is 0 Å². The molecule has 0 aliphatic rings. The van der Waals surface area contributed by atoms with E-state index in [1.165, 1.54) is 12.1 Å². The highest BCUT2D eigenvalue weighted by Gasteiger charge is 2.25. The van der Waals surface area contributed by atoms with Crippen molar-refractivity contribution >= 4 is 66.4 Å². The third kappa shape index (κ3) is 4.07. The van der Waals surface area contributed by atoms with E-state index in [9.17, 15) is 0 Å². The molecule has 8 heteroatoms. The number of pyridine rings is 4. The molecule has 8 rings (SSSR count). The Kier molecular flexibility index (Phi) is 6.04. The number of halogens is 2. The summed E-state index contributed by atoms with van der Waals surface area (Å²) in [5, 5.41) is 3.60. The van der Waals surface area contributed by atoms with Crippen LogP contribution in [0.5, 0.6) is 0 Å². The first-order chi connectivity index (χ1) is 21.7. The third-order valence-electron chi connectivity index (χ3n) is 7.85. The van der Waals surface area contributed by atoms with Gasteiger partial charge in [0, 0.05) is 57.1 Å². The molecule has 4 aromatic heterocycles. The summed E-state index contributed by atoms with van der Waals surface area (Å²) in [5.41, 5.74) is 4.13. The number of nitrogens with zero attached hydrogens (tertiary/aromatic N) is 6. The normalized spacial score (nSPS) is 11.4. The summed E-state index contributed by atoms with van der Waals surface area (Å²) < 4.78 is 32.4. The van der Waals surface area contributed by atoms with Crippen LogP contribution in [0, 0.1) is 11.6 Å². The molecule has 44 heavy (non-hydrogen) atoms. The second kappa shape index (κ2) is 10.4. The molecule has 0 unspecified atom stereocenters. The monoisotopic (exact) mass is 576 g/mol. The predicted octanol–water partition coefficient (Wildman–Crippen LogP) is 9.38. The molecule has 0 N–H and O–H groups in total. The van der Waals surface area contributed by atoms with Crippen LogP contribution in [0.2, 0.25) is 0 Å². The number of anilines is 6. The second-order valence-electron chi connectivity index (χ2n) is 10.3. The highest BCUT2D eigenvalue weighted by molar-refractivity contribution is 6.28. The minimum atomic E-state index is -0.415. The first kappa shape index (κ1) is 25.7. The molecule has 0 saturated carbocycles. The Balaban J connectivity index is 1.47. The average Bonchev–Trinajstić information content (AvgIpc) is 3.08. The van der Waals surface area contributed by atoms with Gasteiger partial charge < -0.3 is 9.80 Å². The summed E-state index contributed by atoms with van der Waals surface area (Å²) in [7, 11) is 0. The maximum atomic E-state index is 16.2. The molecule has 0 aliphatic heterocycles. The molecule has 0 spiro atoms. The first-order valence-corrected chi connectivity index (χ1v) is 14.0. The summed E-state index contributed by atoms with van der Waals surface area (Å²) in [6, 6.07) is 25.3. The van der Waals surface area contributed by atoms with Gasteiger partial charge in [-0.15, -0.1) is 0 Å². The molecule has 0 aliphatic carbocycles. The Bertz CT molecular complexity index is 2010. The molecule has 210 valence electrons. The molecule has 6 nitrogen and oxygen atoms in total. The Hall–Kier alpha value is -6.02. The van der Waals surface area contributed by atoms with Gasteiger partial charge in [-0.2, -0.15) is 0 Å². The average molecular weight is 577 g/mol. The Morgan fingerprint density at radius 2 is 0.727 bits per heavy atom. The minimum Gasteiger partial charge on any atom is -0.307 e. The maximum absolute atomic E-state index is 16.2. The van der Waals surface area contributed by atoms with Gasteiger partial charge in [-0.1, -0.05) is 24.3 Å². The van der Waals surface area contributed by atoms with Crippen molar-refractivity contribution in [1.82, 2.24) is 19.9 Å². The van der Waals surface area contributed by atoms with Gasteiger partial charge in [0.1, 0.15) is 11.6 Å². The number of rotatable bonds is 6. The minimum absolute atomic E-state index is 0.407. The quantitative estimate of drug-likeness (QED) is 0.184. The Morgan fingerprint density at radius 3 is 1.02 bits per heavy atom. The zero-order chi connectivity index (χ0) is 29.6. The van der Waals surface area contributed by atoms with Gasteiger partial charge in [0.25, 0.3) is 0 Å². The molecule has 4 aromatic carbocycles. The topological polar surface area (TPSA) is 58.0 Å². The van der Waals surface area contributed by atoms with Crippen LogP contribution in [-0.2, 0) is 0 Å². The molecule has 4 heterocycles. The highest BCUT2D eigenvalue weighted by Crippen LogP contribution is 2.48. The fourth-order valence-electron chi connectivity index (χ4n) is 6.04. The van der Waals surface area contributed by atoms with Crippen LogP contribution >= 0.6 is 0 Å². The highest BCUT2D eigenvalue weighted by atomic mass is 19.1. The molecule has 0 saturated heterocycles. The van der Waals surface area contributed by atoms with E-state index < -0.39 is 11.6 Å². The zero-order valence-corrected chi connectivity index (χ0v) is 23.1. The summed E-state index contributed by atoms with van der Waals surface area (Å²) in [6.07, 6.45) is 13.7. The van der Waals surface area contributed by atoms with Crippen molar-refractivity contribution in [3.05, 3.63) is 146 Å². The van der Waals surface area contributed by atoms with Crippen LogP contribution in [0.4, 0.5) is 42.9 Å². The lowest BCUT2D eigenvalue weighted by Gasteiger charge is -2.29. The fraction of sp³-hybridized carbons (Fsp3) is 0. The van der Waals surface area contributed by atoms with Crippen molar-refractivity contribution in [2.24, 2.45) is 0 Å². The van der Waals surface area contributed by atoms with E-state index in [2.05, 4.69) is 19.9 Å². The predicted molar refractivity (Wildman–Crippen MR) is 171 cm³/mol. The van der Waals surface area contributed by atoms with E-state index in [0.717, 1.165) is 33.5 Å². The van der Waals surface area contributed by atoms with Gasteiger partial charge in [0.05, 0.1) is 58.9 Å². The Labute approximate surface area is 250 Å². The van der Waals surface area contributed by atoms with E-state index in [0.29, 0.717) is 32.9 Å². The number of hydrogen-bond acceptors (Lipinski definition) is 6. The lowest BCUT2D eigenvalue weighted by molar-refractivity contribution is 0.639. The van der Waals surface area contributed by atoms with Crippen LogP contribution in [0.25, 0.3) is 32.3 Å². The van der Waals surface area contributed by atoms with Gasteiger partial charge in [-0.3, -0.25) is 19.9 Å². The molecule has 0 atom stereocenters. The fourth-order valence-corrected chi connectivity index (χ4v) is 6.04. The first-order valence-electron chi connectivity index (χ1n) is 14.0. The molecule has 0 radical (unpaired) electrons. The zero-order valence-electron chi connectivity index (χ0n) is 23.1. The van der Waals surface area contributed by atoms with Gasteiger partial charge in [0.2, 0.25) is 0 Å².